The molecule has 3 rings (SSSR count). The molecule has 3 aromatic carbocycles. The molecule has 0 bridgehead atoms. The van der Waals surface area contributed by atoms with Crippen molar-refractivity contribution in [2.24, 2.45) is 0 Å². The summed E-state index contributed by atoms with van der Waals surface area (Å²) in [6.07, 6.45) is 5.30. The fourth-order valence-electron chi connectivity index (χ4n) is 4.30. The van der Waals surface area contributed by atoms with E-state index in [9.17, 15) is 0 Å². The van der Waals surface area contributed by atoms with Crippen LogP contribution >= 0.6 is 7.26 Å². The molecule has 0 N–H and O–H groups in total. The second-order valence-electron chi connectivity index (χ2n) is 8.38. The Morgan fingerprint density at radius 1 is 0.655 bits per heavy atom. The molecule has 154 valence electrons. The molecule has 0 saturated heterocycles. The fraction of sp³-hybridized carbons (Fsp3) is 0.333. The van der Waals surface area contributed by atoms with E-state index in [1.165, 1.54) is 58.4 Å². The molecule has 0 aliphatic rings. The predicted molar refractivity (Wildman–Crippen MR) is 134 cm³/mol. The van der Waals surface area contributed by atoms with Gasteiger partial charge in [0.15, 0.2) is 0 Å². The molecular weight excluding hydrogens is 369 g/mol. The summed E-state index contributed by atoms with van der Waals surface area (Å²) in [6.45, 7) is 11.6. The van der Waals surface area contributed by atoms with E-state index in [2.05, 4.69) is 112 Å². The molecule has 0 spiro atoms. The van der Waals surface area contributed by atoms with Crippen molar-refractivity contribution in [3.05, 3.63) is 89.5 Å². The van der Waals surface area contributed by atoms with Crippen LogP contribution in [-0.2, 0) is 6.16 Å². The van der Waals surface area contributed by atoms with Crippen molar-refractivity contribution >= 4 is 24.3 Å². The quantitative estimate of drug-likeness (QED) is 0.342. The molecule has 0 radical (unpaired) electrons. The first-order valence-corrected chi connectivity index (χ1v) is 13.9. The normalized spacial score (nSPS) is 12.0. The Morgan fingerprint density at radius 3 is 1.79 bits per heavy atom. The monoisotopic (exact) mass is 405 g/mol. The Balaban J connectivity index is 2.17. The molecule has 0 aliphatic carbocycles. The summed E-state index contributed by atoms with van der Waals surface area (Å²) >= 11 is 0. The Bertz CT molecular complexity index is 903. The number of hydrogen-bond donors (Lipinski definition) is 0. The molecule has 0 atom stereocenters. The van der Waals surface area contributed by atoms with Crippen molar-refractivity contribution in [3.63, 3.8) is 0 Å². The van der Waals surface area contributed by atoms with Gasteiger partial charge in [-0.1, -0.05) is 0 Å². The Hall–Kier alpha value is -2.11. The van der Waals surface area contributed by atoms with Crippen LogP contribution in [-0.4, -0.2) is 18.5 Å². The van der Waals surface area contributed by atoms with Gasteiger partial charge in [-0.05, 0) is 0 Å². The first-order chi connectivity index (χ1) is 14.0. The summed E-state index contributed by atoms with van der Waals surface area (Å²) in [5, 5.41) is 0. The molecule has 0 saturated carbocycles. The zero-order valence-electron chi connectivity index (χ0n) is 18.7. The number of rotatable bonds is 8. The van der Waals surface area contributed by atoms with Gasteiger partial charge >= 0.3 is 178 Å². The Labute approximate surface area is 178 Å². The van der Waals surface area contributed by atoms with Crippen LogP contribution in [0.2, 0.25) is 0 Å². The van der Waals surface area contributed by atoms with Crippen molar-refractivity contribution in [1.29, 1.82) is 0 Å². The summed E-state index contributed by atoms with van der Waals surface area (Å²) < 4.78 is 0. The van der Waals surface area contributed by atoms with Gasteiger partial charge in [0.05, 0.1) is 0 Å². The second-order valence-corrected chi connectivity index (χ2v) is 13.9. The first-order valence-electron chi connectivity index (χ1n) is 11.0. The van der Waals surface area contributed by atoms with Crippen LogP contribution in [0.25, 0.3) is 0 Å². The van der Waals surface area contributed by atoms with Gasteiger partial charge in [-0.15, -0.1) is 0 Å². The van der Waals surface area contributed by atoms with Crippen molar-refractivity contribution in [2.45, 2.75) is 40.8 Å². The number of nitrogens with zero attached hydrogens (tertiary/aromatic N) is 1. The van der Waals surface area contributed by atoms with E-state index in [1.54, 1.807) is 0 Å². The van der Waals surface area contributed by atoms with Crippen LogP contribution < -0.4 is 4.90 Å². The molecule has 0 aliphatic heterocycles. The summed E-state index contributed by atoms with van der Waals surface area (Å²) in [4.78, 5) is 2.44. The zero-order valence-corrected chi connectivity index (χ0v) is 19.7. The van der Waals surface area contributed by atoms with Crippen LogP contribution in [0.15, 0.2) is 72.8 Å². The topological polar surface area (TPSA) is 3.24 Å². The van der Waals surface area contributed by atoms with Crippen molar-refractivity contribution in [1.82, 2.24) is 0 Å². The summed E-state index contributed by atoms with van der Waals surface area (Å²) in [5.74, 6) is 0. The fourth-order valence-corrected chi connectivity index (χ4v) is 7.64. The summed E-state index contributed by atoms with van der Waals surface area (Å²) in [7, 11) is -1.30. The standard InChI is InChI=1S/C27H36NP/c1-6-29(7-2,8-3)21-24-20-23(5)16-19-27(24)28(25-12-10-9-11-13-25)26-17-14-22(4)15-18-26/h9-20,29H,6-8,21H2,1-5H3. The average Bonchev–Trinajstić information content (AvgIpc) is 2.76. The number of benzene rings is 3. The second kappa shape index (κ2) is 9.59. The van der Waals surface area contributed by atoms with Crippen LogP contribution in [0.3, 0.4) is 0 Å². The van der Waals surface area contributed by atoms with Gasteiger partial charge in [0.25, 0.3) is 0 Å². The van der Waals surface area contributed by atoms with E-state index < -0.39 is 7.26 Å². The SMILES string of the molecule is CC[PH](CC)(CC)Cc1cc(C)ccc1N(c1ccccc1)c1ccc(C)cc1. The van der Waals surface area contributed by atoms with E-state index in [0.29, 0.717) is 0 Å². The molecule has 29 heavy (non-hydrogen) atoms. The minimum atomic E-state index is -1.30. The summed E-state index contributed by atoms with van der Waals surface area (Å²) in [6, 6.07) is 26.7. The van der Waals surface area contributed by atoms with E-state index in [1.807, 2.05) is 0 Å². The molecular formula is C27H36NP. The first kappa shape index (κ1) is 21.6. The van der Waals surface area contributed by atoms with E-state index in [0.717, 1.165) is 0 Å². The van der Waals surface area contributed by atoms with Gasteiger partial charge in [0.1, 0.15) is 0 Å². The third kappa shape index (κ3) is 4.90. The van der Waals surface area contributed by atoms with Gasteiger partial charge in [-0.25, -0.2) is 0 Å². The third-order valence-electron chi connectivity index (χ3n) is 6.60. The molecule has 0 heterocycles. The van der Waals surface area contributed by atoms with Crippen LogP contribution in [0.5, 0.6) is 0 Å². The van der Waals surface area contributed by atoms with Gasteiger partial charge in [0.2, 0.25) is 0 Å². The van der Waals surface area contributed by atoms with Gasteiger partial charge in [-0.2, -0.15) is 0 Å². The number of para-hydroxylation sites is 1. The minimum absolute atomic E-state index is 1.22. The number of anilines is 3. The van der Waals surface area contributed by atoms with Crippen molar-refractivity contribution in [3.8, 4) is 0 Å². The Kier molecular flexibility index (Phi) is 7.14. The molecule has 0 unspecified atom stereocenters. The van der Waals surface area contributed by atoms with Crippen LogP contribution in [0, 0.1) is 13.8 Å². The predicted octanol–water partition coefficient (Wildman–Crippen LogP) is 8.08. The molecule has 0 aromatic heterocycles. The molecule has 3 aromatic rings. The van der Waals surface area contributed by atoms with Crippen LogP contribution in [0.1, 0.15) is 37.5 Å². The molecule has 2 heteroatoms. The van der Waals surface area contributed by atoms with Gasteiger partial charge < -0.3 is 0 Å². The van der Waals surface area contributed by atoms with Gasteiger partial charge in [0, 0.05) is 0 Å². The zero-order chi connectivity index (χ0) is 20.9. The van der Waals surface area contributed by atoms with Crippen molar-refractivity contribution in [2.75, 3.05) is 23.4 Å². The number of aryl methyl sites for hydroxylation is 2. The maximum atomic E-state index is 2.44. The average molecular weight is 406 g/mol. The molecule has 0 fully saturated rings. The van der Waals surface area contributed by atoms with E-state index >= 15 is 0 Å². The number of hydrogen-bond acceptors (Lipinski definition) is 1. The molecule has 0 amide bonds. The van der Waals surface area contributed by atoms with E-state index in [-0.39, 0.29) is 0 Å². The Morgan fingerprint density at radius 2 is 1.21 bits per heavy atom. The third-order valence-corrected chi connectivity index (χ3v) is 12.2. The van der Waals surface area contributed by atoms with Crippen molar-refractivity contribution < 1.29 is 0 Å². The maximum absolute atomic E-state index is 2.44. The van der Waals surface area contributed by atoms with Gasteiger partial charge in [-0.3, -0.25) is 0 Å². The van der Waals surface area contributed by atoms with E-state index in [4.69, 9.17) is 0 Å². The summed E-state index contributed by atoms with van der Waals surface area (Å²) in [5.41, 5.74) is 7.93. The van der Waals surface area contributed by atoms with Crippen LogP contribution in [0.4, 0.5) is 17.1 Å². The molecule has 1 nitrogen and oxygen atoms in total.